The van der Waals surface area contributed by atoms with Gasteiger partial charge in [0.25, 0.3) is 0 Å². The van der Waals surface area contributed by atoms with E-state index in [4.69, 9.17) is 10.8 Å². The summed E-state index contributed by atoms with van der Waals surface area (Å²) >= 11 is 0. The Hall–Kier alpha value is 0.390. The van der Waals surface area contributed by atoms with Crippen LogP contribution in [0, 0.1) is 0 Å². The van der Waals surface area contributed by atoms with Crippen molar-refractivity contribution >= 4 is 35.5 Å². The molecule has 4 nitrogen and oxygen atoms in total. The van der Waals surface area contributed by atoms with Crippen molar-refractivity contribution < 1.29 is 9.90 Å². The van der Waals surface area contributed by atoms with E-state index < -0.39 is 12.0 Å². The molecule has 4 N–H and O–H groups in total. The number of nitrogens with two attached hydrogens (primary N) is 1. The van der Waals surface area contributed by atoms with Crippen molar-refractivity contribution in [2.24, 2.45) is 5.73 Å². The third-order valence-electron chi connectivity index (χ3n) is 5.64. The average Bonchev–Trinajstić information content (AvgIpc) is 2.68. The zero-order valence-electron chi connectivity index (χ0n) is 18.9. The minimum atomic E-state index is -0.888. The first-order valence-electron chi connectivity index (χ1n) is 12.4. The van der Waals surface area contributed by atoms with Crippen LogP contribution in [0.1, 0.15) is 129 Å². The van der Waals surface area contributed by atoms with Crippen LogP contribution >= 0.6 is 0 Å². The number of carboxylic acid groups (broad SMARTS) is 1. The molecule has 0 aromatic rings. The predicted molar refractivity (Wildman–Crippen MR) is 129 cm³/mol. The van der Waals surface area contributed by atoms with Crippen LogP contribution < -0.4 is 11.1 Å². The summed E-state index contributed by atoms with van der Waals surface area (Å²) in [4.78, 5) is 10.6. The molecule has 0 saturated carbocycles. The topological polar surface area (TPSA) is 75.3 Å². The molecule has 0 rings (SSSR count). The Kier molecular flexibility index (Phi) is 28.8. The standard InChI is InChI=1S/C24H50N2O2.Na.H/c1-2-3-4-5-6-7-8-9-10-11-12-13-14-15-16-18-21-26-22-19-17-20-23(25)24(27)28;;/h23,26H,2-22,25H2,1H3,(H,27,28);;/t23-;;/m0../s1. The van der Waals surface area contributed by atoms with Crippen molar-refractivity contribution in [2.75, 3.05) is 13.1 Å². The zero-order chi connectivity index (χ0) is 20.7. The van der Waals surface area contributed by atoms with Gasteiger partial charge < -0.3 is 16.2 Å². The van der Waals surface area contributed by atoms with E-state index >= 15 is 0 Å². The van der Waals surface area contributed by atoms with E-state index in [2.05, 4.69) is 12.2 Å². The Morgan fingerprint density at radius 2 is 1.03 bits per heavy atom. The maximum atomic E-state index is 10.6. The third kappa shape index (κ3) is 26.4. The van der Waals surface area contributed by atoms with E-state index in [0.717, 1.165) is 25.9 Å². The second-order valence-corrected chi connectivity index (χ2v) is 8.49. The van der Waals surface area contributed by atoms with E-state index in [1.807, 2.05) is 0 Å². The first kappa shape index (κ1) is 31.6. The number of rotatable bonds is 23. The van der Waals surface area contributed by atoms with Crippen LogP contribution in [-0.4, -0.2) is 59.8 Å². The number of hydrogen-bond acceptors (Lipinski definition) is 3. The molecule has 0 saturated heterocycles. The monoisotopic (exact) mass is 422 g/mol. The van der Waals surface area contributed by atoms with Gasteiger partial charge >= 0.3 is 35.5 Å². The van der Waals surface area contributed by atoms with Crippen LogP contribution in [0.4, 0.5) is 0 Å². The minimum absolute atomic E-state index is 0. The van der Waals surface area contributed by atoms with Gasteiger partial charge in [-0.05, 0) is 32.4 Å². The molecule has 5 heteroatoms. The van der Waals surface area contributed by atoms with Gasteiger partial charge in [-0.25, -0.2) is 0 Å². The summed E-state index contributed by atoms with van der Waals surface area (Å²) in [7, 11) is 0. The van der Waals surface area contributed by atoms with Crippen molar-refractivity contribution in [3.63, 3.8) is 0 Å². The molecule has 0 aliphatic carbocycles. The van der Waals surface area contributed by atoms with Gasteiger partial charge in [-0.15, -0.1) is 0 Å². The normalized spacial score (nSPS) is 11.9. The molecule has 0 bridgehead atoms. The van der Waals surface area contributed by atoms with Gasteiger partial charge in [0.2, 0.25) is 0 Å². The second-order valence-electron chi connectivity index (χ2n) is 8.49. The van der Waals surface area contributed by atoms with Gasteiger partial charge in [0.15, 0.2) is 0 Å². The molecule has 1 atom stereocenters. The summed E-state index contributed by atoms with van der Waals surface area (Å²) in [6.45, 7) is 4.35. The Bertz CT molecular complexity index is 330. The summed E-state index contributed by atoms with van der Waals surface area (Å²) < 4.78 is 0. The fourth-order valence-corrected chi connectivity index (χ4v) is 3.66. The molecule has 0 aliphatic rings. The molecule has 0 heterocycles. The molecule has 0 aromatic heterocycles. The Balaban J connectivity index is 0. The van der Waals surface area contributed by atoms with Crippen LogP contribution in [0.5, 0.6) is 0 Å². The molecule has 29 heavy (non-hydrogen) atoms. The quantitative estimate of drug-likeness (QED) is 0.144. The first-order valence-corrected chi connectivity index (χ1v) is 12.4. The van der Waals surface area contributed by atoms with Crippen LogP contribution in [-0.2, 0) is 4.79 Å². The van der Waals surface area contributed by atoms with E-state index in [0.29, 0.717) is 6.42 Å². The van der Waals surface area contributed by atoms with E-state index in [9.17, 15) is 4.79 Å². The summed E-state index contributed by atoms with van der Waals surface area (Å²) in [5.41, 5.74) is 5.48. The molecular weight excluding hydrogens is 371 g/mol. The van der Waals surface area contributed by atoms with Gasteiger partial charge in [-0.3, -0.25) is 4.79 Å². The Labute approximate surface area is 203 Å². The van der Waals surface area contributed by atoms with Crippen molar-refractivity contribution in [1.82, 2.24) is 5.32 Å². The summed E-state index contributed by atoms with van der Waals surface area (Å²) in [6, 6.07) is -0.694. The SMILES string of the molecule is CCCCCCCCCCCCCCCCCCNCCCC[C@H](N)C(=O)O.[NaH]. The number of aliphatic carboxylic acids is 1. The van der Waals surface area contributed by atoms with E-state index in [1.54, 1.807) is 0 Å². The Morgan fingerprint density at radius 1 is 0.690 bits per heavy atom. The molecule has 0 aliphatic heterocycles. The van der Waals surface area contributed by atoms with Crippen molar-refractivity contribution in [1.29, 1.82) is 0 Å². The van der Waals surface area contributed by atoms with E-state index in [-0.39, 0.29) is 29.6 Å². The fourth-order valence-electron chi connectivity index (χ4n) is 3.66. The average molecular weight is 423 g/mol. The first-order chi connectivity index (χ1) is 13.7. The zero-order valence-corrected chi connectivity index (χ0v) is 18.9. The van der Waals surface area contributed by atoms with Crippen LogP contribution in [0.25, 0.3) is 0 Å². The van der Waals surface area contributed by atoms with Crippen molar-refractivity contribution in [2.45, 2.75) is 135 Å². The van der Waals surface area contributed by atoms with Crippen LogP contribution in [0.3, 0.4) is 0 Å². The van der Waals surface area contributed by atoms with Crippen molar-refractivity contribution in [3.8, 4) is 0 Å². The number of carbonyl (C=O) groups is 1. The molecule has 170 valence electrons. The molecule has 0 amide bonds. The van der Waals surface area contributed by atoms with Gasteiger partial charge in [-0.2, -0.15) is 0 Å². The Morgan fingerprint density at radius 3 is 1.41 bits per heavy atom. The molecule has 0 unspecified atom stereocenters. The summed E-state index contributed by atoms with van der Waals surface area (Å²) in [6.07, 6.45) is 25.0. The molecule has 0 spiro atoms. The number of nitrogens with one attached hydrogen (secondary N) is 1. The van der Waals surface area contributed by atoms with Gasteiger partial charge in [0.05, 0.1) is 0 Å². The third-order valence-corrected chi connectivity index (χ3v) is 5.64. The van der Waals surface area contributed by atoms with E-state index in [1.165, 1.54) is 103 Å². The van der Waals surface area contributed by atoms with Gasteiger partial charge in [0.1, 0.15) is 6.04 Å². The van der Waals surface area contributed by atoms with Crippen LogP contribution in [0.2, 0.25) is 0 Å². The number of hydrogen-bond donors (Lipinski definition) is 3. The molecule has 0 radical (unpaired) electrons. The summed E-state index contributed by atoms with van der Waals surface area (Å²) in [5, 5.41) is 12.2. The fraction of sp³-hybridized carbons (Fsp3) is 0.958. The number of unbranched alkanes of at least 4 members (excludes halogenated alkanes) is 16. The van der Waals surface area contributed by atoms with Gasteiger partial charge in [0, 0.05) is 0 Å². The molecule has 0 aromatic carbocycles. The van der Waals surface area contributed by atoms with Crippen molar-refractivity contribution in [3.05, 3.63) is 0 Å². The molecular formula is C24H51N2NaO2. The second kappa shape index (κ2) is 26.4. The predicted octanol–water partition coefficient (Wildman–Crippen LogP) is 5.77. The summed E-state index contributed by atoms with van der Waals surface area (Å²) in [5.74, 6) is -0.888. The molecule has 0 fully saturated rings. The maximum absolute atomic E-state index is 10.6. The number of carboxylic acids is 1. The van der Waals surface area contributed by atoms with Gasteiger partial charge in [-0.1, -0.05) is 110 Å². The van der Waals surface area contributed by atoms with Crippen LogP contribution in [0.15, 0.2) is 0 Å².